The third kappa shape index (κ3) is 5.62. The highest BCUT2D eigenvalue weighted by Crippen LogP contribution is 2.39. The normalized spacial score (nSPS) is 13.8. The highest BCUT2D eigenvalue weighted by atomic mass is 28.3. The molecule has 0 N–H and O–H groups in total. The van der Waals surface area contributed by atoms with E-state index in [0.29, 0.717) is 0 Å². The van der Waals surface area contributed by atoms with Crippen LogP contribution in [0.2, 0.25) is 12.6 Å². The summed E-state index contributed by atoms with van der Waals surface area (Å²) in [5.41, 5.74) is 6.50. The van der Waals surface area contributed by atoms with Crippen molar-refractivity contribution in [2.24, 2.45) is 0 Å². The van der Waals surface area contributed by atoms with Crippen LogP contribution in [0.25, 0.3) is 10.8 Å². The molecule has 1 heteroatoms. The second-order valence-electron chi connectivity index (χ2n) is 8.87. The summed E-state index contributed by atoms with van der Waals surface area (Å²) in [6.45, 7) is 15.3. The van der Waals surface area contributed by atoms with E-state index in [0.717, 1.165) is 18.9 Å². The van der Waals surface area contributed by atoms with E-state index >= 15 is 0 Å². The molecule has 0 bridgehead atoms. The lowest BCUT2D eigenvalue weighted by molar-refractivity contribution is 1.08. The molecule has 0 aliphatic rings. The van der Waals surface area contributed by atoms with Crippen LogP contribution in [0.15, 0.2) is 115 Å². The van der Waals surface area contributed by atoms with E-state index in [-0.39, 0.29) is 0 Å². The molecule has 1 unspecified atom stereocenters. The fraction of sp³-hybridized carbons (Fsp3) is 0.200. The Bertz CT molecular complexity index is 1050. The summed E-state index contributed by atoms with van der Waals surface area (Å²) in [6.07, 6.45) is 1.93. The lowest BCUT2D eigenvalue weighted by atomic mass is 9.97. The van der Waals surface area contributed by atoms with Crippen LogP contribution >= 0.6 is 0 Å². The van der Waals surface area contributed by atoms with E-state index in [1.165, 1.54) is 38.2 Å². The highest BCUT2D eigenvalue weighted by molar-refractivity contribution is 7.06. The topological polar surface area (TPSA) is 0 Å². The fourth-order valence-corrected chi connectivity index (χ4v) is 8.77. The lowest BCUT2D eigenvalue weighted by Gasteiger charge is -2.34. The Hall–Kier alpha value is -2.90. The Balaban J connectivity index is 2.38. The molecule has 3 aromatic rings. The summed E-state index contributed by atoms with van der Waals surface area (Å²) in [5, 5.41) is 3.00. The summed E-state index contributed by atoms with van der Waals surface area (Å²) in [4.78, 5) is 0. The van der Waals surface area contributed by atoms with Crippen molar-refractivity contribution in [3.05, 3.63) is 126 Å². The second kappa shape index (κ2) is 10.4. The quantitative estimate of drug-likeness (QED) is 0.186. The molecule has 0 heterocycles. The average molecular weight is 423 g/mol. The molecular weight excluding hydrogens is 388 g/mol. The number of hydrogen-bond acceptors (Lipinski definition) is 0. The van der Waals surface area contributed by atoms with Gasteiger partial charge in [-0.3, -0.25) is 0 Å². The smallest absolute Gasteiger partial charge is 0.100 e. The predicted molar refractivity (Wildman–Crippen MR) is 141 cm³/mol. The summed E-state index contributed by atoms with van der Waals surface area (Å²) < 4.78 is 0. The van der Waals surface area contributed by atoms with Crippen LogP contribution < -0.4 is 5.19 Å². The molecule has 0 amide bonds. The van der Waals surface area contributed by atoms with E-state index in [2.05, 4.69) is 125 Å². The van der Waals surface area contributed by atoms with Crippen molar-refractivity contribution in [1.29, 1.82) is 0 Å². The zero-order valence-electron chi connectivity index (χ0n) is 19.2. The number of benzene rings is 3. The minimum Gasteiger partial charge on any atom is -0.100 e. The van der Waals surface area contributed by atoms with Crippen LogP contribution in [0.1, 0.15) is 37.8 Å². The van der Waals surface area contributed by atoms with Gasteiger partial charge in [0.1, 0.15) is 8.07 Å². The predicted octanol–water partition coefficient (Wildman–Crippen LogP) is 8.05. The Labute approximate surface area is 189 Å². The maximum absolute atomic E-state index is 4.29. The molecule has 0 nitrogen and oxygen atoms in total. The molecule has 1 atom stereocenters. The summed E-state index contributed by atoms with van der Waals surface area (Å²) in [7, 11) is -2.09. The first-order valence-electron chi connectivity index (χ1n) is 11.1. The summed E-state index contributed by atoms with van der Waals surface area (Å²) in [6, 6.07) is 34.2. The van der Waals surface area contributed by atoms with Gasteiger partial charge in [-0.1, -0.05) is 120 Å². The second-order valence-corrected chi connectivity index (χ2v) is 13.1. The SMILES string of the molecule is C=C(C)CC[Si](C)(/C(=C(\CC(=C)C)c1ccccc1)c1ccccc1)c1ccccc1. The molecule has 0 radical (unpaired) electrons. The van der Waals surface area contributed by atoms with Crippen molar-refractivity contribution < 1.29 is 0 Å². The standard InChI is InChI=1S/C30H34Si/c1-24(2)21-22-31(5,28-19-13-8-14-20-28)30(27-17-11-7-12-18-27)29(23-25(3)4)26-15-9-6-10-16-26/h6-20H,1,3,21-23H2,2,4-5H3/b30-29+. The minimum absolute atomic E-state index is 0.886. The van der Waals surface area contributed by atoms with E-state index in [1.807, 2.05) is 0 Å². The van der Waals surface area contributed by atoms with Crippen LogP contribution in [-0.4, -0.2) is 8.07 Å². The van der Waals surface area contributed by atoms with E-state index < -0.39 is 8.07 Å². The fourth-order valence-electron chi connectivity index (χ4n) is 4.39. The molecule has 0 saturated carbocycles. The Kier molecular flexibility index (Phi) is 7.65. The minimum atomic E-state index is -2.09. The van der Waals surface area contributed by atoms with E-state index in [4.69, 9.17) is 0 Å². The molecular formula is C30H34Si. The number of rotatable bonds is 9. The third-order valence-corrected chi connectivity index (χ3v) is 10.5. The molecule has 0 saturated heterocycles. The molecule has 3 aromatic carbocycles. The highest BCUT2D eigenvalue weighted by Gasteiger charge is 2.36. The van der Waals surface area contributed by atoms with Gasteiger partial charge in [0, 0.05) is 0 Å². The van der Waals surface area contributed by atoms with E-state index in [9.17, 15) is 0 Å². The Morgan fingerprint density at radius 3 is 1.65 bits per heavy atom. The molecule has 158 valence electrons. The van der Waals surface area contributed by atoms with Crippen LogP contribution in [-0.2, 0) is 0 Å². The van der Waals surface area contributed by atoms with Gasteiger partial charge in [0.25, 0.3) is 0 Å². The molecule has 0 aromatic heterocycles. The first-order chi connectivity index (χ1) is 14.9. The zero-order chi connectivity index (χ0) is 22.3. The Morgan fingerprint density at radius 1 is 0.677 bits per heavy atom. The molecule has 31 heavy (non-hydrogen) atoms. The van der Waals surface area contributed by atoms with Gasteiger partial charge in [-0.05, 0) is 54.6 Å². The zero-order valence-corrected chi connectivity index (χ0v) is 20.2. The first-order valence-corrected chi connectivity index (χ1v) is 13.8. The van der Waals surface area contributed by atoms with Gasteiger partial charge < -0.3 is 0 Å². The molecule has 3 rings (SSSR count). The van der Waals surface area contributed by atoms with Crippen LogP contribution in [0, 0.1) is 0 Å². The summed E-state index contributed by atoms with van der Waals surface area (Å²) in [5.74, 6) is 0. The lowest BCUT2D eigenvalue weighted by Crippen LogP contribution is -2.46. The van der Waals surface area contributed by atoms with Crippen LogP contribution in [0.4, 0.5) is 0 Å². The number of hydrogen-bond donors (Lipinski definition) is 0. The monoisotopic (exact) mass is 422 g/mol. The van der Waals surface area contributed by atoms with Gasteiger partial charge in [-0.25, -0.2) is 0 Å². The molecule has 0 aliphatic heterocycles. The van der Waals surface area contributed by atoms with Crippen molar-refractivity contribution >= 4 is 24.0 Å². The number of allylic oxidation sites excluding steroid dienone is 3. The van der Waals surface area contributed by atoms with Gasteiger partial charge in [-0.2, -0.15) is 0 Å². The van der Waals surface area contributed by atoms with E-state index in [1.54, 1.807) is 0 Å². The van der Waals surface area contributed by atoms with Crippen LogP contribution in [0.3, 0.4) is 0 Å². The van der Waals surface area contributed by atoms with Crippen molar-refractivity contribution in [3.63, 3.8) is 0 Å². The molecule has 0 spiro atoms. The van der Waals surface area contributed by atoms with Gasteiger partial charge in [0.15, 0.2) is 0 Å². The van der Waals surface area contributed by atoms with Crippen molar-refractivity contribution in [2.75, 3.05) is 0 Å². The van der Waals surface area contributed by atoms with Gasteiger partial charge >= 0.3 is 0 Å². The maximum Gasteiger partial charge on any atom is 0.116 e. The van der Waals surface area contributed by atoms with Gasteiger partial charge in [-0.15, -0.1) is 6.58 Å². The average Bonchev–Trinajstić information content (AvgIpc) is 2.79. The molecule has 0 aliphatic carbocycles. The summed E-state index contributed by atoms with van der Waals surface area (Å²) >= 11 is 0. The van der Waals surface area contributed by atoms with Crippen molar-refractivity contribution in [1.82, 2.24) is 0 Å². The largest absolute Gasteiger partial charge is 0.116 e. The third-order valence-electron chi connectivity index (χ3n) is 5.98. The van der Waals surface area contributed by atoms with Gasteiger partial charge in [0.2, 0.25) is 0 Å². The Morgan fingerprint density at radius 2 is 1.16 bits per heavy atom. The van der Waals surface area contributed by atoms with Crippen LogP contribution in [0.5, 0.6) is 0 Å². The maximum atomic E-state index is 4.29. The molecule has 0 fully saturated rings. The van der Waals surface area contributed by atoms with Crippen molar-refractivity contribution in [2.45, 2.75) is 39.3 Å². The van der Waals surface area contributed by atoms with Crippen molar-refractivity contribution in [3.8, 4) is 0 Å². The van der Waals surface area contributed by atoms with Gasteiger partial charge in [0.05, 0.1) is 0 Å². The first kappa shape index (κ1) is 22.8.